The lowest BCUT2D eigenvalue weighted by Gasteiger charge is -2.20. The summed E-state index contributed by atoms with van der Waals surface area (Å²) in [6.45, 7) is 4.90. The monoisotopic (exact) mass is 502 g/mol. The van der Waals surface area contributed by atoms with Gasteiger partial charge in [0, 0.05) is 55.2 Å². The molecule has 37 heavy (non-hydrogen) atoms. The van der Waals surface area contributed by atoms with Crippen LogP contribution in [0.15, 0.2) is 59.7 Å². The minimum absolute atomic E-state index is 0.0166. The Morgan fingerprint density at radius 1 is 1.14 bits per heavy atom. The summed E-state index contributed by atoms with van der Waals surface area (Å²) in [5.74, 6) is 6.02. The Labute approximate surface area is 217 Å². The summed E-state index contributed by atoms with van der Waals surface area (Å²) in [5, 5.41) is 26.3. The normalized spacial score (nSPS) is 16.6. The summed E-state index contributed by atoms with van der Waals surface area (Å²) in [6, 6.07) is 16.6. The number of aromatic amines is 1. The molecule has 2 aromatic carbocycles. The number of rotatable bonds is 10. The molecule has 5 N–H and O–H groups in total. The first kappa shape index (κ1) is 26.6. The van der Waals surface area contributed by atoms with Crippen LogP contribution >= 0.6 is 0 Å². The first-order chi connectivity index (χ1) is 18.0. The molecule has 0 spiro atoms. The fourth-order valence-electron chi connectivity index (χ4n) is 4.17. The lowest BCUT2D eigenvalue weighted by molar-refractivity contribution is 0.190. The SMILES string of the molecule is C[C@@H](CO)NCC(Cc1nc[nH]c(=O)c1O)c1ccc(C#Cc2ccc(CN[C@H]3CCOC3)cc2)cc1. The van der Waals surface area contributed by atoms with E-state index < -0.39 is 5.56 Å². The van der Waals surface area contributed by atoms with Gasteiger partial charge < -0.3 is 30.6 Å². The maximum absolute atomic E-state index is 11.8. The Kier molecular flexibility index (Phi) is 9.46. The van der Waals surface area contributed by atoms with Gasteiger partial charge in [-0.1, -0.05) is 36.1 Å². The number of aromatic nitrogens is 2. The van der Waals surface area contributed by atoms with Crippen LogP contribution in [0.4, 0.5) is 0 Å². The van der Waals surface area contributed by atoms with E-state index in [1.165, 1.54) is 11.9 Å². The van der Waals surface area contributed by atoms with E-state index in [1.807, 2.05) is 43.3 Å². The van der Waals surface area contributed by atoms with E-state index in [-0.39, 0.29) is 24.3 Å². The van der Waals surface area contributed by atoms with Gasteiger partial charge in [-0.25, -0.2) is 4.98 Å². The van der Waals surface area contributed by atoms with Gasteiger partial charge in [-0.15, -0.1) is 0 Å². The van der Waals surface area contributed by atoms with Crippen LogP contribution in [0, 0.1) is 11.8 Å². The van der Waals surface area contributed by atoms with E-state index in [1.54, 1.807) is 0 Å². The van der Waals surface area contributed by atoms with Crippen molar-refractivity contribution >= 4 is 0 Å². The predicted octanol–water partition coefficient (Wildman–Crippen LogP) is 2.05. The molecular formula is C29H34N4O4. The molecule has 0 aliphatic carbocycles. The number of hydrogen-bond donors (Lipinski definition) is 5. The number of nitrogens with one attached hydrogen (secondary N) is 3. The van der Waals surface area contributed by atoms with Crippen molar-refractivity contribution in [1.29, 1.82) is 0 Å². The molecule has 1 unspecified atom stereocenters. The zero-order valence-electron chi connectivity index (χ0n) is 21.0. The van der Waals surface area contributed by atoms with Crippen molar-refractivity contribution in [2.24, 2.45) is 0 Å². The van der Waals surface area contributed by atoms with Crippen LogP contribution in [-0.4, -0.2) is 58.6 Å². The van der Waals surface area contributed by atoms with Gasteiger partial charge >= 0.3 is 0 Å². The third-order valence-corrected chi connectivity index (χ3v) is 6.54. The molecule has 1 fully saturated rings. The minimum atomic E-state index is -0.557. The first-order valence-electron chi connectivity index (χ1n) is 12.6. The summed E-state index contributed by atoms with van der Waals surface area (Å²) in [6.07, 6.45) is 2.73. The van der Waals surface area contributed by atoms with Gasteiger partial charge in [0.15, 0.2) is 0 Å². The number of nitrogens with zero attached hydrogens (tertiary/aromatic N) is 1. The molecular weight excluding hydrogens is 468 g/mol. The fraction of sp³-hybridized carbons (Fsp3) is 0.379. The Balaban J connectivity index is 1.41. The van der Waals surface area contributed by atoms with E-state index in [0.717, 1.165) is 42.9 Å². The Morgan fingerprint density at radius 2 is 1.84 bits per heavy atom. The number of benzene rings is 2. The number of hydrogen-bond acceptors (Lipinski definition) is 7. The average Bonchev–Trinajstić information content (AvgIpc) is 3.45. The van der Waals surface area contributed by atoms with Gasteiger partial charge in [-0.3, -0.25) is 4.79 Å². The molecule has 8 nitrogen and oxygen atoms in total. The molecule has 194 valence electrons. The molecule has 1 saturated heterocycles. The average molecular weight is 503 g/mol. The highest BCUT2D eigenvalue weighted by atomic mass is 16.5. The standard InChI is InChI=1S/C29H34N4O4/c1-20(17-34)30-16-25(14-27-28(35)29(36)33-19-32-27)24-10-8-22(9-11-24)3-2-21-4-6-23(7-5-21)15-31-26-12-13-37-18-26/h4-11,19-20,25-26,30-31,34-35H,12-18H2,1H3,(H,32,33,36)/t20-,25?,26-/m0/s1. The molecule has 2 heterocycles. The van der Waals surface area contributed by atoms with Crippen LogP contribution in [0.5, 0.6) is 5.75 Å². The zero-order chi connectivity index (χ0) is 26.0. The maximum Gasteiger partial charge on any atom is 0.293 e. The van der Waals surface area contributed by atoms with Crippen LogP contribution < -0.4 is 16.2 Å². The van der Waals surface area contributed by atoms with Crippen LogP contribution in [0.3, 0.4) is 0 Å². The maximum atomic E-state index is 11.8. The number of ether oxygens (including phenoxy) is 1. The van der Waals surface area contributed by atoms with Gasteiger partial charge in [-0.05, 0) is 48.7 Å². The van der Waals surface area contributed by atoms with Crippen LogP contribution in [0.1, 0.15) is 47.2 Å². The lowest BCUT2D eigenvalue weighted by atomic mass is 9.92. The molecule has 4 rings (SSSR count). The minimum Gasteiger partial charge on any atom is -0.502 e. The number of aromatic hydroxyl groups is 1. The first-order valence-corrected chi connectivity index (χ1v) is 12.6. The summed E-state index contributed by atoms with van der Waals surface area (Å²) in [5.41, 5.74) is 3.87. The van der Waals surface area contributed by atoms with Crippen LogP contribution in [-0.2, 0) is 17.7 Å². The molecule has 3 aromatic rings. The van der Waals surface area contributed by atoms with Gasteiger partial charge in [0.25, 0.3) is 5.56 Å². The summed E-state index contributed by atoms with van der Waals surface area (Å²) in [7, 11) is 0. The third-order valence-electron chi connectivity index (χ3n) is 6.54. The number of aliphatic hydroxyl groups excluding tert-OH is 1. The molecule has 0 saturated carbocycles. The molecule has 3 atom stereocenters. The van der Waals surface area contributed by atoms with Crippen molar-refractivity contribution in [3.63, 3.8) is 0 Å². The van der Waals surface area contributed by atoms with E-state index >= 15 is 0 Å². The molecule has 0 bridgehead atoms. The molecule has 0 radical (unpaired) electrons. The Morgan fingerprint density at radius 3 is 2.49 bits per heavy atom. The smallest absolute Gasteiger partial charge is 0.293 e. The predicted molar refractivity (Wildman–Crippen MR) is 142 cm³/mol. The van der Waals surface area contributed by atoms with Crippen molar-refractivity contribution in [2.75, 3.05) is 26.4 Å². The highest BCUT2D eigenvalue weighted by Crippen LogP contribution is 2.23. The quantitative estimate of drug-likeness (QED) is 0.269. The summed E-state index contributed by atoms with van der Waals surface area (Å²) >= 11 is 0. The highest BCUT2D eigenvalue weighted by Gasteiger charge is 2.18. The topological polar surface area (TPSA) is 120 Å². The molecule has 1 aromatic heterocycles. The largest absolute Gasteiger partial charge is 0.502 e. The second-order valence-corrected chi connectivity index (χ2v) is 9.43. The van der Waals surface area contributed by atoms with Crippen molar-refractivity contribution < 1.29 is 14.9 Å². The Hall–Kier alpha value is -3.48. The van der Waals surface area contributed by atoms with Crippen molar-refractivity contribution in [1.82, 2.24) is 20.6 Å². The number of aliphatic hydroxyl groups is 1. The van der Waals surface area contributed by atoms with Crippen LogP contribution in [0.2, 0.25) is 0 Å². The van der Waals surface area contributed by atoms with Crippen molar-refractivity contribution in [3.8, 4) is 17.6 Å². The van der Waals surface area contributed by atoms with E-state index in [2.05, 4.69) is 44.6 Å². The van der Waals surface area contributed by atoms with E-state index in [0.29, 0.717) is 24.7 Å². The summed E-state index contributed by atoms with van der Waals surface area (Å²) in [4.78, 5) is 18.3. The van der Waals surface area contributed by atoms with Crippen molar-refractivity contribution in [3.05, 3.63) is 93.2 Å². The second kappa shape index (κ2) is 13.2. The number of H-pyrrole nitrogens is 1. The molecule has 1 aliphatic rings. The van der Waals surface area contributed by atoms with Gasteiger partial charge in [-0.2, -0.15) is 0 Å². The third kappa shape index (κ3) is 7.75. The molecule has 1 aliphatic heterocycles. The van der Waals surface area contributed by atoms with Crippen molar-refractivity contribution in [2.45, 2.75) is 44.3 Å². The molecule has 0 amide bonds. The van der Waals surface area contributed by atoms with Gasteiger partial charge in [0.1, 0.15) is 0 Å². The van der Waals surface area contributed by atoms with Gasteiger partial charge in [0.2, 0.25) is 5.75 Å². The lowest BCUT2D eigenvalue weighted by Crippen LogP contribution is -2.33. The Bertz CT molecular complexity index is 1260. The summed E-state index contributed by atoms with van der Waals surface area (Å²) < 4.78 is 5.40. The second-order valence-electron chi connectivity index (χ2n) is 9.43. The fourth-order valence-corrected chi connectivity index (χ4v) is 4.17. The highest BCUT2D eigenvalue weighted by molar-refractivity contribution is 5.44. The van der Waals surface area contributed by atoms with Crippen LogP contribution in [0.25, 0.3) is 0 Å². The molecule has 8 heteroatoms. The van der Waals surface area contributed by atoms with E-state index in [9.17, 15) is 15.0 Å². The zero-order valence-corrected chi connectivity index (χ0v) is 21.0. The van der Waals surface area contributed by atoms with E-state index in [4.69, 9.17) is 4.74 Å². The van der Waals surface area contributed by atoms with Gasteiger partial charge in [0.05, 0.1) is 25.2 Å².